The Balaban J connectivity index is 1.98. The molecule has 0 atom stereocenters. The lowest BCUT2D eigenvalue weighted by Crippen LogP contribution is -2.11. The van der Waals surface area contributed by atoms with Crippen LogP contribution in [-0.2, 0) is 0 Å². The van der Waals surface area contributed by atoms with Crippen molar-refractivity contribution in [2.24, 2.45) is 0 Å². The molecule has 0 aliphatic rings. The summed E-state index contributed by atoms with van der Waals surface area (Å²) in [6.45, 7) is 0. The SMILES string of the molecule is CSc1ccc(C=Cc2nc3cc(Cl)c(Cl)cc3[nH]c2=O)cc1. The summed E-state index contributed by atoms with van der Waals surface area (Å²) in [5.74, 6) is 0. The van der Waals surface area contributed by atoms with E-state index < -0.39 is 0 Å². The Morgan fingerprint density at radius 1 is 1.09 bits per heavy atom. The van der Waals surface area contributed by atoms with Crippen molar-refractivity contribution in [2.45, 2.75) is 4.90 Å². The molecule has 3 aromatic rings. The highest BCUT2D eigenvalue weighted by molar-refractivity contribution is 7.98. The number of benzene rings is 2. The number of nitrogens with one attached hydrogen (secondary N) is 1. The number of rotatable bonds is 3. The van der Waals surface area contributed by atoms with Gasteiger partial charge in [-0.15, -0.1) is 11.8 Å². The molecule has 116 valence electrons. The van der Waals surface area contributed by atoms with Gasteiger partial charge >= 0.3 is 0 Å². The summed E-state index contributed by atoms with van der Waals surface area (Å²) in [7, 11) is 0. The normalized spacial score (nSPS) is 11.4. The number of H-pyrrole nitrogens is 1. The van der Waals surface area contributed by atoms with Gasteiger partial charge in [0.05, 0.1) is 21.1 Å². The van der Waals surface area contributed by atoms with E-state index in [2.05, 4.69) is 9.97 Å². The summed E-state index contributed by atoms with van der Waals surface area (Å²) in [4.78, 5) is 20.4. The fourth-order valence-electron chi connectivity index (χ4n) is 2.10. The Morgan fingerprint density at radius 3 is 2.48 bits per heavy atom. The third-order valence-electron chi connectivity index (χ3n) is 3.31. The van der Waals surface area contributed by atoms with E-state index in [1.807, 2.05) is 36.6 Å². The van der Waals surface area contributed by atoms with Crippen LogP contribution in [0.1, 0.15) is 11.3 Å². The van der Waals surface area contributed by atoms with Gasteiger partial charge in [0.1, 0.15) is 5.69 Å². The van der Waals surface area contributed by atoms with Crippen LogP contribution < -0.4 is 5.56 Å². The van der Waals surface area contributed by atoms with Crippen molar-refractivity contribution < 1.29 is 0 Å². The number of aromatic amines is 1. The predicted molar refractivity (Wildman–Crippen MR) is 99.5 cm³/mol. The highest BCUT2D eigenvalue weighted by Gasteiger charge is 2.06. The minimum Gasteiger partial charge on any atom is -0.319 e. The Labute approximate surface area is 147 Å². The van der Waals surface area contributed by atoms with E-state index in [1.54, 1.807) is 30.0 Å². The molecule has 3 rings (SSSR count). The monoisotopic (exact) mass is 362 g/mol. The van der Waals surface area contributed by atoms with E-state index in [9.17, 15) is 4.79 Å². The van der Waals surface area contributed by atoms with E-state index in [0.717, 1.165) is 5.56 Å². The van der Waals surface area contributed by atoms with Crippen molar-refractivity contribution >= 4 is 58.1 Å². The highest BCUT2D eigenvalue weighted by Crippen LogP contribution is 2.25. The second-order valence-electron chi connectivity index (χ2n) is 4.84. The topological polar surface area (TPSA) is 45.8 Å². The lowest BCUT2D eigenvalue weighted by Gasteiger charge is -2.02. The maximum absolute atomic E-state index is 12.1. The summed E-state index contributed by atoms with van der Waals surface area (Å²) in [5, 5.41) is 0.787. The number of halogens is 2. The Hall–Kier alpha value is -1.75. The van der Waals surface area contributed by atoms with Gasteiger partial charge in [0.15, 0.2) is 0 Å². The first-order valence-corrected chi connectivity index (χ1v) is 8.76. The number of nitrogens with zero attached hydrogens (tertiary/aromatic N) is 1. The molecule has 0 aliphatic carbocycles. The van der Waals surface area contributed by atoms with Gasteiger partial charge in [0.2, 0.25) is 0 Å². The van der Waals surface area contributed by atoms with E-state index >= 15 is 0 Å². The molecule has 0 unspecified atom stereocenters. The molecule has 2 aromatic carbocycles. The Kier molecular flexibility index (Phi) is 4.76. The molecule has 3 nitrogen and oxygen atoms in total. The Bertz CT molecular complexity index is 949. The van der Waals surface area contributed by atoms with Crippen molar-refractivity contribution in [2.75, 3.05) is 6.26 Å². The zero-order chi connectivity index (χ0) is 16.4. The molecular formula is C17H12Cl2N2OS. The van der Waals surface area contributed by atoms with E-state index in [-0.39, 0.29) is 5.56 Å². The molecule has 0 amide bonds. The second-order valence-corrected chi connectivity index (χ2v) is 6.54. The van der Waals surface area contributed by atoms with Crippen molar-refractivity contribution in [1.29, 1.82) is 0 Å². The minimum atomic E-state index is -0.270. The number of thioether (sulfide) groups is 1. The van der Waals surface area contributed by atoms with Crippen molar-refractivity contribution in [3.05, 3.63) is 68.1 Å². The summed E-state index contributed by atoms with van der Waals surface area (Å²) >= 11 is 13.6. The molecule has 0 fully saturated rings. The smallest absolute Gasteiger partial charge is 0.274 e. The van der Waals surface area contributed by atoms with Gasteiger partial charge in [-0.05, 0) is 42.2 Å². The zero-order valence-corrected chi connectivity index (χ0v) is 14.5. The molecule has 0 radical (unpaired) electrons. The molecule has 1 heterocycles. The van der Waals surface area contributed by atoms with Gasteiger partial charge in [0.25, 0.3) is 5.56 Å². The van der Waals surface area contributed by atoms with Crippen LogP contribution in [0.4, 0.5) is 0 Å². The van der Waals surface area contributed by atoms with Gasteiger partial charge in [-0.1, -0.05) is 41.4 Å². The van der Waals surface area contributed by atoms with Crippen molar-refractivity contribution in [3.8, 4) is 0 Å². The second kappa shape index (κ2) is 6.79. The first kappa shape index (κ1) is 16.1. The molecule has 0 aliphatic heterocycles. The summed E-state index contributed by atoms with van der Waals surface area (Å²) in [6.07, 6.45) is 5.57. The molecule has 1 N–H and O–H groups in total. The van der Waals surface area contributed by atoms with Crippen LogP contribution >= 0.6 is 35.0 Å². The summed E-state index contributed by atoms with van der Waals surface area (Å²) < 4.78 is 0. The van der Waals surface area contributed by atoms with Gasteiger partial charge < -0.3 is 4.98 Å². The van der Waals surface area contributed by atoms with Crippen LogP contribution in [0.5, 0.6) is 0 Å². The highest BCUT2D eigenvalue weighted by atomic mass is 35.5. The van der Waals surface area contributed by atoms with Gasteiger partial charge in [-0.2, -0.15) is 0 Å². The molecule has 0 spiro atoms. The van der Waals surface area contributed by atoms with Crippen LogP contribution in [0.3, 0.4) is 0 Å². The number of hydrogen-bond acceptors (Lipinski definition) is 3. The number of fused-ring (bicyclic) bond motifs is 1. The quantitative estimate of drug-likeness (QED) is 0.657. The molecule has 6 heteroatoms. The molecular weight excluding hydrogens is 351 g/mol. The van der Waals surface area contributed by atoms with E-state index in [1.165, 1.54) is 4.90 Å². The standard InChI is InChI=1S/C17H12Cl2N2OS/c1-23-11-5-2-10(3-6-11)4-7-14-17(22)21-16-9-13(19)12(18)8-15(16)20-14/h2-9H,1H3,(H,21,22). The number of aromatic nitrogens is 2. The first-order chi connectivity index (χ1) is 11.1. The van der Waals surface area contributed by atoms with Crippen LogP contribution in [0, 0.1) is 0 Å². The first-order valence-electron chi connectivity index (χ1n) is 6.78. The fraction of sp³-hybridized carbons (Fsp3) is 0.0588. The third-order valence-corrected chi connectivity index (χ3v) is 4.78. The van der Waals surface area contributed by atoms with Crippen LogP contribution in [0.15, 0.2) is 46.1 Å². The van der Waals surface area contributed by atoms with Crippen molar-refractivity contribution in [1.82, 2.24) is 9.97 Å². The van der Waals surface area contributed by atoms with Crippen LogP contribution in [0.25, 0.3) is 23.2 Å². The molecule has 0 bridgehead atoms. The van der Waals surface area contributed by atoms with Crippen molar-refractivity contribution in [3.63, 3.8) is 0 Å². The molecule has 23 heavy (non-hydrogen) atoms. The fourth-order valence-corrected chi connectivity index (χ4v) is 2.83. The van der Waals surface area contributed by atoms with Gasteiger partial charge in [-0.3, -0.25) is 4.79 Å². The average molecular weight is 363 g/mol. The van der Waals surface area contributed by atoms with Crippen LogP contribution in [-0.4, -0.2) is 16.2 Å². The lowest BCUT2D eigenvalue weighted by molar-refractivity contribution is 1.19. The maximum Gasteiger partial charge on any atom is 0.274 e. The van der Waals surface area contributed by atoms with E-state index in [4.69, 9.17) is 23.2 Å². The Morgan fingerprint density at radius 2 is 1.78 bits per heavy atom. The molecule has 0 saturated carbocycles. The van der Waals surface area contributed by atoms with Gasteiger partial charge in [-0.25, -0.2) is 4.98 Å². The lowest BCUT2D eigenvalue weighted by atomic mass is 10.2. The zero-order valence-electron chi connectivity index (χ0n) is 12.1. The average Bonchev–Trinajstić information content (AvgIpc) is 2.55. The maximum atomic E-state index is 12.1. The summed E-state index contributed by atoms with van der Waals surface area (Å²) in [5.41, 5.74) is 2.21. The van der Waals surface area contributed by atoms with E-state index in [0.29, 0.717) is 26.8 Å². The minimum absolute atomic E-state index is 0.270. The largest absolute Gasteiger partial charge is 0.319 e. The molecule has 1 aromatic heterocycles. The molecule has 0 saturated heterocycles. The third kappa shape index (κ3) is 3.61. The number of hydrogen-bond donors (Lipinski definition) is 1. The van der Waals surface area contributed by atoms with Gasteiger partial charge in [0, 0.05) is 4.90 Å². The summed E-state index contributed by atoms with van der Waals surface area (Å²) in [6, 6.07) is 11.3. The predicted octanol–water partition coefficient (Wildman–Crippen LogP) is 5.12. The van der Waals surface area contributed by atoms with Crippen LogP contribution in [0.2, 0.25) is 10.0 Å².